The molecule has 3 heterocycles. The summed E-state index contributed by atoms with van der Waals surface area (Å²) in [7, 11) is 0. The zero-order valence-corrected chi connectivity index (χ0v) is 13.8. The molecule has 0 bridgehead atoms. The van der Waals surface area contributed by atoms with E-state index in [1.165, 1.54) is 0 Å². The summed E-state index contributed by atoms with van der Waals surface area (Å²) in [6, 6.07) is 7.36. The van der Waals surface area contributed by atoms with Crippen LogP contribution in [0.15, 0.2) is 36.7 Å². The SMILES string of the molecule is CCC(=O)Nc1ccnc(-c2ccnc(-n3nc(C)cc3C)c2)n1. The van der Waals surface area contributed by atoms with Crippen molar-refractivity contribution in [3.8, 4) is 17.2 Å². The molecule has 0 aromatic carbocycles. The molecule has 0 saturated heterocycles. The highest BCUT2D eigenvalue weighted by Crippen LogP contribution is 2.19. The number of amides is 1. The maximum atomic E-state index is 11.5. The van der Waals surface area contributed by atoms with Crippen molar-refractivity contribution in [3.05, 3.63) is 48.0 Å². The van der Waals surface area contributed by atoms with Gasteiger partial charge in [-0.15, -0.1) is 0 Å². The molecule has 0 fully saturated rings. The number of aryl methyl sites for hydroxylation is 2. The van der Waals surface area contributed by atoms with Crippen LogP contribution in [-0.2, 0) is 4.79 Å². The Labute approximate surface area is 139 Å². The minimum atomic E-state index is -0.0855. The standard InChI is InChI=1S/C17H18N6O/c1-4-16(24)20-14-6-8-19-17(21-14)13-5-7-18-15(10-13)23-12(3)9-11(2)22-23/h5-10H,4H2,1-3H3,(H,19,20,21,24). The van der Waals surface area contributed by atoms with Crippen molar-refractivity contribution in [2.45, 2.75) is 27.2 Å². The molecule has 3 aromatic heterocycles. The summed E-state index contributed by atoms with van der Waals surface area (Å²) >= 11 is 0. The van der Waals surface area contributed by atoms with Crippen LogP contribution in [-0.4, -0.2) is 30.6 Å². The molecule has 0 aliphatic heterocycles. The van der Waals surface area contributed by atoms with Gasteiger partial charge in [0, 0.05) is 30.1 Å². The van der Waals surface area contributed by atoms with Crippen molar-refractivity contribution in [1.82, 2.24) is 24.7 Å². The van der Waals surface area contributed by atoms with Gasteiger partial charge in [0.1, 0.15) is 5.82 Å². The summed E-state index contributed by atoms with van der Waals surface area (Å²) in [5.74, 6) is 1.62. The summed E-state index contributed by atoms with van der Waals surface area (Å²) < 4.78 is 1.78. The Morgan fingerprint density at radius 3 is 2.67 bits per heavy atom. The summed E-state index contributed by atoms with van der Waals surface area (Å²) in [4.78, 5) is 24.6. The number of hydrogen-bond acceptors (Lipinski definition) is 5. The largest absolute Gasteiger partial charge is 0.311 e. The van der Waals surface area contributed by atoms with Gasteiger partial charge in [-0.2, -0.15) is 5.10 Å². The molecule has 0 aliphatic carbocycles. The van der Waals surface area contributed by atoms with Gasteiger partial charge in [0.2, 0.25) is 5.91 Å². The van der Waals surface area contributed by atoms with Crippen LogP contribution in [0.25, 0.3) is 17.2 Å². The van der Waals surface area contributed by atoms with Gasteiger partial charge in [0.25, 0.3) is 0 Å². The zero-order chi connectivity index (χ0) is 17.1. The number of anilines is 1. The van der Waals surface area contributed by atoms with Gasteiger partial charge in [-0.3, -0.25) is 4.79 Å². The lowest BCUT2D eigenvalue weighted by molar-refractivity contribution is -0.115. The molecule has 0 spiro atoms. The number of nitrogens with one attached hydrogen (secondary N) is 1. The van der Waals surface area contributed by atoms with Gasteiger partial charge in [-0.25, -0.2) is 19.6 Å². The molecule has 24 heavy (non-hydrogen) atoms. The van der Waals surface area contributed by atoms with Crippen molar-refractivity contribution in [2.24, 2.45) is 0 Å². The highest BCUT2D eigenvalue weighted by molar-refractivity contribution is 5.89. The van der Waals surface area contributed by atoms with Gasteiger partial charge in [0.15, 0.2) is 11.6 Å². The quantitative estimate of drug-likeness (QED) is 0.798. The number of rotatable bonds is 4. The van der Waals surface area contributed by atoms with Crippen LogP contribution in [0.5, 0.6) is 0 Å². The minimum absolute atomic E-state index is 0.0855. The highest BCUT2D eigenvalue weighted by Gasteiger charge is 2.09. The van der Waals surface area contributed by atoms with E-state index in [2.05, 4.69) is 25.4 Å². The Morgan fingerprint density at radius 1 is 1.17 bits per heavy atom. The number of carbonyl (C=O) groups excluding carboxylic acids is 1. The third kappa shape index (κ3) is 3.29. The van der Waals surface area contributed by atoms with E-state index in [0.29, 0.717) is 23.9 Å². The molecule has 0 atom stereocenters. The predicted octanol–water partition coefficient (Wildman–Crippen LogP) is 2.69. The number of hydrogen-bond donors (Lipinski definition) is 1. The maximum Gasteiger partial charge on any atom is 0.225 e. The second kappa shape index (κ2) is 6.57. The van der Waals surface area contributed by atoms with Crippen LogP contribution in [0.1, 0.15) is 24.7 Å². The molecule has 1 N–H and O–H groups in total. The van der Waals surface area contributed by atoms with E-state index in [4.69, 9.17) is 0 Å². The average molecular weight is 322 g/mol. The molecule has 0 aliphatic rings. The first kappa shape index (κ1) is 15.8. The molecule has 7 heteroatoms. The van der Waals surface area contributed by atoms with Gasteiger partial charge in [-0.1, -0.05) is 6.92 Å². The van der Waals surface area contributed by atoms with Crippen LogP contribution in [0, 0.1) is 13.8 Å². The normalized spacial score (nSPS) is 10.6. The predicted molar refractivity (Wildman–Crippen MR) is 90.8 cm³/mol. The smallest absolute Gasteiger partial charge is 0.225 e. The van der Waals surface area contributed by atoms with Crippen molar-refractivity contribution in [3.63, 3.8) is 0 Å². The van der Waals surface area contributed by atoms with Crippen LogP contribution in [0.3, 0.4) is 0 Å². The first-order valence-electron chi connectivity index (χ1n) is 7.70. The van der Waals surface area contributed by atoms with E-state index in [9.17, 15) is 4.79 Å². The Hall–Kier alpha value is -3.09. The summed E-state index contributed by atoms with van der Waals surface area (Å²) in [6.45, 7) is 5.71. The Bertz CT molecular complexity index is 886. The highest BCUT2D eigenvalue weighted by atomic mass is 16.1. The fourth-order valence-electron chi connectivity index (χ4n) is 2.33. The van der Waals surface area contributed by atoms with Crippen LogP contribution >= 0.6 is 0 Å². The Morgan fingerprint density at radius 2 is 1.96 bits per heavy atom. The number of pyridine rings is 1. The lowest BCUT2D eigenvalue weighted by atomic mass is 10.2. The fourth-order valence-corrected chi connectivity index (χ4v) is 2.33. The third-order valence-electron chi connectivity index (χ3n) is 3.47. The minimum Gasteiger partial charge on any atom is -0.311 e. The monoisotopic (exact) mass is 322 g/mol. The van der Waals surface area contributed by atoms with Crippen LogP contribution in [0.2, 0.25) is 0 Å². The lowest BCUT2D eigenvalue weighted by Crippen LogP contribution is -2.11. The number of aromatic nitrogens is 5. The summed E-state index contributed by atoms with van der Waals surface area (Å²) in [5.41, 5.74) is 2.74. The zero-order valence-electron chi connectivity index (χ0n) is 13.8. The molecular weight excluding hydrogens is 304 g/mol. The van der Waals surface area contributed by atoms with Crippen molar-refractivity contribution in [1.29, 1.82) is 0 Å². The van der Waals surface area contributed by atoms with Crippen molar-refractivity contribution in [2.75, 3.05) is 5.32 Å². The molecule has 7 nitrogen and oxygen atoms in total. The van der Waals surface area contributed by atoms with Crippen LogP contribution < -0.4 is 5.32 Å². The fraction of sp³-hybridized carbons (Fsp3) is 0.235. The molecule has 3 rings (SSSR count). The van der Waals surface area contributed by atoms with E-state index < -0.39 is 0 Å². The topological polar surface area (TPSA) is 85.6 Å². The first-order valence-corrected chi connectivity index (χ1v) is 7.70. The average Bonchev–Trinajstić information content (AvgIpc) is 2.93. The van der Waals surface area contributed by atoms with Gasteiger partial charge in [0.05, 0.1) is 5.69 Å². The molecule has 122 valence electrons. The molecule has 0 saturated carbocycles. The second-order valence-corrected chi connectivity index (χ2v) is 5.41. The molecule has 0 radical (unpaired) electrons. The number of carbonyl (C=O) groups is 1. The summed E-state index contributed by atoms with van der Waals surface area (Å²) in [5, 5.41) is 7.18. The van der Waals surface area contributed by atoms with Gasteiger partial charge >= 0.3 is 0 Å². The molecule has 0 unspecified atom stereocenters. The number of nitrogens with zero attached hydrogens (tertiary/aromatic N) is 5. The van der Waals surface area contributed by atoms with E-state index in [1.807, 2.05) is 32.0 Å². The van der Waals surface area contributed by atoms with E-state index in [-0.39, 0.29) is 5.91 Å². The van der Waals surface area contributed by atoms with E-state index >= 15 is 0 Å². The molecule has 1 amide bonds. The Kier molecular flexibility index (Phi) is 4.33. The van der Waals surface area contributed by atoms with Gasteiger partial charge < -0.3 is 5.32 Å². The van der Waals surface area contributed by atoms with Crippen molar-refractivity contribution >= 4 is 11.7 Å². The molecular formula is C17H18N6O. The first-order chi connectivity index (χ1) is 11.6. The van der Waals surface area contributed by atoms with E-state index in [0.717, 1.165) is 17.0 Å². The second-order valence-electron chi connectivity index (χ2n) is 5.41. The summed E-state index contributed by atoms with van der Waals surface area (Å²) in [6.07, 6.45) is 3.72. The molecule has 3 aromatic rings. The Balaban J connectivity index is 1.96. The third-order valence-corrected chi connectivity index (χ3v) is 3.47. The van der Waals surface area contributed by atoms with Crippen LogP contribution in [0.4, 0.5) is 5.82 Å². The lowest BCUT2D eigenvalue weighted by Gasteiger charge is -2.07. The van der Waals surface area contributed by atoms with Gasteiger partial charge in [-0.05, 0) is 38.1 Å². The van der Waals surface area contributed by atoms with Crippen molar-refractivity contribution < 1.29 is 4.79 Å². The maximum absolute atomic E-state index is 11.5. The van der Waals surface area contributed by atoms with E-state index in [1.54, 1.807) is 30.1 Å².